The Bertz CT molecular complexity index is 883. The monoisotopic (exact) mass is 424 g/mol. The zero-order chi connectivity index (χ0) is 22.6. The van der Waals surface area contributed by atoms with Crippen LogP contribution in [0.2, 0.25) is 0 Å². The van der Waals surface area contributed by atoms with E-state index in [-0.39, 0.29) is 18.8 Å². The van der Waals surface area contributed by atoms with Crippen LogP contribution in [0.15, 0.2) is 60.7 Å². The molecule has 0 bridgehead atoms. The first-order valence-electron chi connectivity index (χ1n) is 10.2. The molecule has 1 aliphatic carbocycles. The maximum atomic E-state index is 13.1. The zero-order valence-corrected chi connectivity index (χ0v) is 18.3. The Labute approximate surface area is 182 Å². The molecular formula is C25H28O6. The van der Waals surface area contributed by atoms with Gasteiger partial charge in [-0.1, -0.05) is 60.7 Å². The smallest absolute Gasteiger partial charge is 0.323 e. The van der Waals surface area contributed by atoms with Crippen molar-refractivity contribution in [2.45, 2.75) is 25.7 Å². The summed E-state index contributed by atoms with van der Waals surface area (Å²) in [5.41, 5.74) is -0.731. The number of esters is 3. The quantitative estimate of drug-likeness (QED) is 0.399. The van der Waals surface area contributed by atoms with E-state index in [1.165, 1.54) is 21.3 Å². The van der Waals surface area contributed by atoms with E-state index in [0.717, 1.165) is 11.1 Å². The van der Waals surface area contributed by atoms with Crippen molar-refractivity contribution in [2.75, 3.05) is 21.3 Å². The molecule has 2 aromatic rings. The third kappa shape index (κ3) is 3.82. The third-order valence-electron chi connectivity index (χ3n) is 6.58. The average Bonchev–Trinajstić information content (AvgIpc) is 3.14. The van der Waals surface area contributed by atoms with Crippen LogP contribution in [-0.4, -0.2) is 39.2 Å². The molecule has 0 radical (unpaired) electrons. The van der Waals surface area contributed by atoms with Gasteiger partial charge in [-0.05, 0) is 36.8 Å². The lowest BCUT2D eigenvalue weighted by atomic mass is 9.68. The van der Waals surface area contributed by atoms with Crippen LogP contribution in [-0.2, 0) is 28.6 Å². The minimum absolute atomic E-state index is 0.0488. The number of hydrogen-bond donors (Lipinski definition) is 0. The molecule has 6 heteroatoms. The second-order valence-corrected chi connectivity index (χ2v) is 8.26. The molecular weight excluding hydrogens is 396 g/mol. The van der Waals surface area contributed by atoms with Crippen LogP contribution in [0.3, 0.4) is 0 Å². The third-order valence-corrected chi connectivity index (χ3v) is 6.58. The zero-order valence-electron chi connectivity index (χ0n) is 18.3. The highest BCUT2D eigenvalue weighted by atomic mass is 16.5. The molecule has 164 valence electrons. The van der Waals surface area contributed by atoms with Crippen molar-refractivity contribution in [1.29, 1.82) is 0 Å². The van der Waals surface area contributed by atoms with Crippen LogP contribution in [0.25, 0.3) is 0 Å². The Morgan fingerprint density at radius 1 is 0.774 bits per heavy atom. The maximum absolute atomic E-state index is 13.1. The molecule has 0 spiro atoms. The van der Waals surface area contributed by atoms with Gasteiger partial charge < -0.3 is 14.2 Å². The van der Waals surface area contributed by atoms with Crippen molar-refractivity contribution in [1.82, 2.24) is 0 Å². The predicted molar refractivity (Wildman–Crippen MR) is 114 cm³/mol. The summed E-state index contributed by atoms with van der Waals surface area (Å²) >= 11 is 0. The first-order valence-corrected chi connectivity index (χ1v) is 10.2. The Kier molecular flexibility index (Phi) is 6.48. The van der Waals surface area contributed by atoms with Crippen molar-refractivity contribution in [3.63, 3.8) is 0 Å². The molecule has 1 fully saturated rings. The molecule has 3 rings (SSSR count). The van der Waals surface area contributed by atoms with Gasteiger partial charge in [0.1, 0.15) is 0 Å². The van der Waals surface area contributed by atoms with Gasteiger partial charge in [0.2, 0.25) is 0 Å². The number of benzene rings is 2. The molecule has 0 amide bonds. The molecule has 0 aromatic heterocycles. The van der Waals surface area contributed by atoms with E-state index in [9.17, 15) is 14.4 Å². The van der Waals surface area contributed by atoms with Crippen LogP contribution in [0, 0.1) is 16.7 Å². The van der Waals surface area contributed by atoms with Crippen molar-refractivity contribution in [3.05, 3.63) is 71.8 Å². The molecule has 1 saturated carbocycles. The molecule has 0 saturated heterocycles. The van der Waals surface area contributed by atoms with Crippen molar-refractivity contribution in [2.24, 2.45) is 16.7 Å². The van der Waals surface area contributed by atoms with Gasteiger partial charge in [0.25, 0.3) is 0 Å². The van der Waals surface area contributed by atoms with Crippen molar-refractivity contribution < 1.29 is 28.6 Å². The summed E-state index contributed by atoms with van der Waals surface area (Å²) in [6.07, 6.45) is 0.0548. The average molecular weight is 424 g/mol. The number of carbonyl (C=O) groups excluding carboxylic acids is 3. The van der Waals surface area contributed by atoms with Gasteiger partial charge in [0, 0.05) is 5.92 Å². The number of methoxy groups -OCH3 is 3. The van der Waals surface area contributed by atoms with Gasteiger partial charge in [-0.25, -0.2) is 0 Å². The first-order chi connectivity index (χ1) is 14.8. The van der Waals surface area contributed by atoms with Crippen LogP contribution in [0.1, 0.15) is 36.8 Å². The summed E-state index contributed by atoms with van der Waals surface area (Å²) in [6.45, 7) is 1.76. The highest BCUT2D eigenvalue weighted by molar-refractivity contribution is 6.01. The molecule has 1 aliphatic rings. The minimum atomic E-state index is -1.58. The Balaban J connectivity index is 2.23. The van der Waals surface area contributed by atoms with Gasteiger partial charge >= 0.3 is 17.9 Å². The second-order valence-electron chi connectivity index (χ2n) is 8.26. The molecule has 2 aromatic carbocycles. The van der Waals surface area contributed by atoms with E-state index < -0.39 is 34.7 Å². The van der Waals surface area contributed by atoms with E-state index in [1.54, 1.807) is 6.92 Å². The Morgan fingerprint density at radius 2 is 1.19 bits per heavy atom. The van der Waals surface area contributed by atoms with Crippen LogP contribution >= 0.6 is 0 Å². The summed E-state index contributed by atoms with van der Waals surface area (Å²) < 4.78 is 15.2. The summed E-state index contributed by atoms with van der Waals surface area (Å²) in [5.74, 6) is -2.52. The summed E-state index contributed by atoms with van der Waals surface area (Å²) in [7, 11) is 3.80. The standard InChI is InChI=1S/C25H28O6/c1-24(21(26)29-2)16-25(22(27)30-3,23(28)31-4)15-19(24)20(17-11-7-5-8-12-17)18-13-9-6-10-14-18/h5-14,19-20H,15-16H2,1-4H3. The molecule has 2 unspecified atom stereocenters. The second kappa shape index (κ2) is 8.92. The van der Waals surface area contributed by atoms with E-state index in [0.29, 0.717) is 0 Å². The van der Waals surface area contributed by atoms with Gasteiger partial charge in [-0.2, -0.15) is 0 Å². The fourth-order valence-corrected chi connectivity index (χ4v) is 5.14. The summed E-state index contributed by atoms with van der Waals surface area (Å²) in [6, 6.07) is 19.6. The molecule has 0 heterocycles. The van der Waals surface area contributed by atoms with Crippen LogP contribution in [0.4, 0.5) is 0 Å². The number of hydrogen-bond acceptors (Lipinski definition) is 6. The lowest BCUT2D eigenvalue weighted by Gasteiger charge is -2.35. The Hall–Kier alpha value is -3.15. The number of carbonyl (C=O) groups is 3. The summed E-state index contributed by atoms with van der Waals surface area (Å²) in [4.78, 5) is 38.9. The van der Waals surface area contributed by atoms with Gasteiger partial charge in [-0.3, -0.25) is 14.4 Å². The molecule has 6 nitrogen and oxygen atoms in total. The maximum Gasteiger partial charge on any atom is 0.323 e. The lowest BCUT2D eigenvalue weighted by Crippen LogP contribution is -2.41. The fourth-order valence-electron chi connectivity index (χ4n) is 5.14. The first kappa shape index (κ1) is 22.5. The predicted octanol–water partition coefficient (Wildman–Crippen LogP) is 3.74. The van der Waals surface area contributed by atoms with E-state index in [2.05, 4.69) is 0 Å². The Morgan fingerprint density at radius 3 is 1.58 bits per heavy atom. The van der Waals surface area contributed by atoms with Crippen LogP contribution in [0.5, 0.6) is 0 Å². The number of rotatable bonds is 6. The fraction of sp³-hybridized carbons (Fsp3) is 0.400. The molecule has 2 atom stereocenters. The summed E-state index contributed by atoms with van der Waals surface area (Å²) in [5, 5.41) is 0. The van der Waals surface area contributed by atoms with Gasteiger partial charge in [0.05, 0.1) is 26.7 Å². The van der Waals surface area contributed by atoms with E-state index >= 15 is 0 Å². The minimum Gasteiger partial charge on any atom is -0.469 e. The topological polar surface area (TPSA) is 78.9 Å². The van der Waals surface area contributed by atoms with Crippen LogP contribution < -0.4 is 0 Å². The lowest BCUT2D eigenvalue weighted by molar-refractivity contribution is -0.169. The van der Waals surface area contributed by atoms with E-state index in [4.69, 9.17) is 14.2 Å². The molecule has 0 N–H and O–H groups in total. The highest BCUT2D eigenvalue weighted by Crippen LogP contribution is 2.60. The van der Waals surface area contributed by atoms with Crippen molar-refractivity contribution in [3.8, 4) is 0 Å². The molecule has 0 aliphatic heterocycles. The van der Waals surface area contributed by atoms with E-state index in [1.807, 2.05) is 60.7 Å². The van der Waals surface area contributed by atoms with Crippen molar-refractivity contribution >= 4 is 17.9 Å². The normalized spacial score (nSPS) is 22.0. The largest absolute Gasteiger partial charge is 0.469 e. The molecule has 31 heavy (non-hydrogen) atoms. The number of ether oxygens (including phenoxy) is 3. The van der Waals surface area contributed by atoms with Gasteiger partial charge in [0.15, 0.2) is 5.41 Å². The highest BCUT2D eigenvalue weighted by Gasteiger charge is 2.66. The van der Waals surface area contributed by atoms with Gasteiger partial charge in [-0.15, -0.1) is 0 Å². The SMILES string of the molecule is COC(=O)C1(C(=O)OC)CC(C(c2ccccc2)c2ccccc2)C(C)(C(=O)OC)C1.